The van der Waals surface area contributed by atoms with Gasteiger partial charge in [-0.3, -0.25) is 9.98 Å². The van der Waals surface area contributed by atoms with Crippen molar-refractivity contribution in [1.29, 1.82) is 0 Å². The van der Waals surface area contributed by atoms with Crippen molar-refractivity contribution < 1.29 is 26.3 Å². The Bertz CT molecular complexity index is 433. The average Bonchev–Trinajstić information content (AvgIpc) is 2.32. The largest absolute Gasteiger partial charge is 0.451 e. The zero-order valence-corrected chi connectivity index (χ0v) is 11.0. The smallest absolute Gasteiger partial charge is 0.322 e. The van der Waals surface area contributed by atoms with Crippen LogP contribution < -0.4 is 5.73 Å². The molecule has 0 rings (SSSR count). The van der Waals surface area contributed by atoms with Crippen LogP contribution in [0.1, 0.15) is 6.92 Å². The summed E-state index contributed by atoms with van der Waals surface area (Å²) in [5, 5.41) is 0. The molecule has 1 atom stereocenters. The summed E-state index contributed by atoms with van der Waals surface area (Å²) in [5.74, 6) is -1.40. The molecule has 0 amide bonds. The van der Waals surface area contributed by atoms with E-state index in [1.54, 1.807) is 0 Å². The van der Waals surface area contributed by atoms with Crippen LogP contribution in [-0.2, 0) is 0 Å². The zero-order valence-electron chi connectivity index (χ0n) is 11.0. The summed E-state index contributed by atoms with van der Waals surface area (Å²) in [7, 11) is 0. The van der Waals surface area contributed by atoms with E-state index in [0.717, 1.165) is 0 Å². The number of halogens is 6. The minimum atomic E-state index is -4.76. The summed E-state index contributed by atoms with van der Waals surface area (Å²) in [6, 6.07) is -1.22. The van der Waals surface area contributed by atoms with Gasteiger partial charge in [0, 0.05) is 12.8 Å². The molecule has 0 radical (unpaired) electrons. The molecule has 0 aliphatic rings. The van der Waals surface area contributed by atoms with Crippen molar-refractivity contribution in [3.05, 3.63) is 12.7 Å². The second kappa shape index (κ2) is 7.91. The Morgan fingerprint density at radius 2 is 1.71 bits per heavy atom. The molecule has 10 heteroatoms. The van der Waals surface area contributed by atoms with Crippen LogP contribution in [0, 0.1) is 0 Å². The number of hydrogen-bond acceptors (Lipinski definition) is 3. The van der Waals surface area contributed by atoms with E-state index in [4.69, 9.17) is 5.73 Å². The molecule has 4 nitrogen and oxygen atoms in total. The van der Waals surface area contributed by atoms with Crippen LogP contribution in [0.4, 0.5) is 26.3 Å². The summed E-state index contributed by atoms with van der Waals surface area (Å²) >= 11 is 0. The first-order valence-electron chi connectivity index (χ1n) is 5.67. The van der Waals surface area contributed by atoms with Crippen molar-refractivity contribution in [1.82, 2.24) is 0 Å². The molecule has 0 fully saturated rings. The molecule has 0 aromatic rings. The number of hydrogen-bond donors (Lipinski definition) is 1. The summed E-state index contributed by atoms with van der Waals surface area (Å²) in [6.45, 7) is 3.60. The van der Waals surface area contributed by atoms with Gasteiger partial charge in [-0.1, -0.05) is 6.58 Å². The molecular formula is C11H14F6N4. The Kier molecular flexibility index (Phi) is 7.27. The number of nitrogens with two attached hydrogens (primary N) is 1. The predicted octanol–water partition coefficient (Wildman–Crippen LogP) is 2.55. The average molecular weight is 316 g/mol. The van der Waals surface area contributed by atoms with E-state index >= 15 is 0 Å². The minimum absolute atomic E-state index is 0.145. The fourth-order valence-electron chi connectivity index (χ4n) is 1.04. The van der Waals surface area contributed by atoms with Crippen LogP contribution in [-0.4, -0.2) is 49.2 Å². The highest BCUT2D eigenvalue weighted by atomic mass is 19.4. The highest BCUT2D eigenvalue weighted by Gasteiger charge is 2.35. The Hall–Kier alpha value is -1.71. The van der Waals surface area contributed by atoms with E-state index in [-0.39, 0.29) is 6.54 Å². The third kappa shape index (κ3) is 7.59. The van der Waals surface area contributed by atoms with Crippen molar-refractivity contribution >= 4 is 17.8 Å². The third-order valence-electron chi connectivity index (χ3n) is 1.91. The van der Waals surface area contributed by atoms with E-state index in [9.17, 15) is 26.3 Å². The first-order chi connectivity index (χ1) is 9.52. The molecule has 0 aromatic carbocycles. The Morgan fingerprint density at radius 1 is 1.14 bits per heavy atom. The summed E-state index contributed by atoms with van der Waals surface area (Å²) in [5.41, 5.74) is 4.07. The predicted molar refractivity (Wildman–Crippen MR) is 69.1 cm³/mol. The van der Waals surface area contributed by atoms with Gasteiger partial charge in [0.25, 0.3) is 0 Å². The lowest BCUT2D eigenvalue weighted by Gasteiger charge is -2.08. The quantitative estimate of drug-likeness (QED) is 0.473. The molecule has 2 N–H and O–H groups in total. The van der Waals surface area contributed by atoms with Gasteiger partial charge >= 0.3 is 12.4 Å². The fourth-order valence-corrected chi connectivity index (χ4v) is 1.04. The molecule has 0 saturated carbocycles. The molecule has 1 unspecified atom stereocenters. The molecule has 0 bridgehead atoms. The van der Waals surface area contributed by atoms with Crippen LogP contribution in [0.5, 0.6) is 0 Å². The highest BCUT2D eigenvalue weighted by molar-refractivity contribution is 5.99. The Morgan fingerprint density at radius 3 is 2.10 bits per heavy atom. The maximum Gasteiger partial charge on any atom is 0.451 e. The van der Waals surface area contributed by atoms with Crippen LogP contribution in [0.15, 0.2) is 27.6 Å². The lowest BCUT2D eigenvalue weighted by Crippen LogP contribution is -2.30. The normalized spacial score (nSPS) is 16.4. The lowest BCUT2D eigenvalue weighted by atomic mass is 10.3. The molecule has 0 heterocycles. The summed E-state index contributed by atoms with van der Waals surface area (Å²) in [6.07, 6.45) is -8.31. The van der Waals surface area contributed by atoms with Crippen molar-refractivity contribution in [2.24, 2.45) is 20.7 Å². The van der Waals surface area contributed by atoms with Crippen molar-refractivity contribution in [3.8, 4) is 0 Å². The van der Waals surface area contributed by atoms with Gasteiger partial charge in [-0.05, 0) is 13.0 Å². The molecule has 0 saturated heterocycles. The third-order valence-corrected chi connectivity index (χ3v) is 1.91. The standard InChI is InChI=1S/C11H14F6N4/c1-3-8(10(12,13)14)20-5-7(18)6-21-9(19-4-2)11(15,16)17/h3,6-7H,1,4-5,18H2,2H3/b19-9-,20-8+,21-6-. The van der Waals surface area contributed by atoms with Gasteiger partial charge in [0.15, 0.2) is 0 Å². The van der Waals surface area contributed by atoms with Gasteiger partial charge in [0.2, 0.25) is 5.84 Å². The second-order valence-electron chi connectivity index (χ2n) is 3.67. The highest BCUT2D eigenvalue weighted by Crippen LogP contribution is 2.19. The maximum atomic E-state index is 12.4. The summed E-state index contributed by atoms with van der Waals surface area (Å²) < 4.78 is 74.1. The fraction of sp³-hybridized carbons (Fsp3) is 0.545. The maximum absolute atomic E-state index is 12.4. The van der Waals surface area contributed by atoms with E-state index < -0.39 is 36.5 Å². The first-order valence-corrected chi connectivity index (χ1v) is 5.67. The molecule has 0 spiro atoms. The van der Waals surface area contributed by atoms with Gasteiger partial charge in [-0.2, -0.15) is 26.3 Å². The molecule has 0 aromatic heterocycles. The molecule has 0 aliphatic heterocycles. The van der Waals surface area contributed by atoms with E-state index in [1.807, 2.05) is 0 Å². The summed E-state index contributed by atoms with van der Waals surface area (Å²) in [4.78, 5) is 9.31. The van der Waals surface area contributed by atoms with Crippen molar-refractivity contribution in [2.75, 3.05) is 13.1 Å². The number of alkyl halides is 6. The van der Waals surface area contributed by atoms with Gasteiger partial charge in [0.05, 0.1) is 12.6 Å². The number of amidine groups is 1. The van der Waals surface area contributed by atoms with Crippen molar-refractivity contribution in [2.45, 2.75) is 25.3 Å². The molecule has 21 heavy (non-hydrogen) atoms. The monoisotopic (exact) mass is 316 g/mol. The zero-order chi connectivity index (χ0) is 16.7. The molecule has 0 aliphatic carbocycles. The van der Waals surface area contributed by atoms with Gasteiger partial charge < -0.3 is 5.73 Å². The number of rotatable bonds is 5. The topological polar surface area (TPSA) is 63.1 Å². The van der Waals surface area contributed by atoms with E-state index in [0.29, 0.717) is 12.3 Å². The van der Waals surface area contributed by atoms with Crippen LogP contribution >= 0.6 is 0 Å². The van der Waals surface area contributed by atoms with Crippen LogP contribution in [0.25, 0.3) is 0 Å². The van der Waals surface area contributed by atoms with Gasteiger partial charge in [-0.25, -0.2) is 4.99 Å². The van der Waals surface area contributed by atoms with Gasteiger partial charge in [0.1, 0.15) is 5.71 Å². The van der Waals surface area contributed by atoms with Crippen LogP contribution in [0.2, 0.25) is 0 Å². The number of nitrogens with zero attached hydrogens (tertiary/aromatic N) is 3. The van der Waals surface area contributed by atoms with E-state index in [2.05, 4.69) is 21.6 Å². The van der Waals surface area contributed by atoms with Gasteiger partial charge in [-0.15, -0.1) is 0 Å². The van der Waals surface area contributed by atoms with Crippen LogP contribution in [0.3, 0.4) is 0 Å². The SMILES string of the molecule is C=C/C(=N\CC(N)/C=N\C(=N/CC)C(F)(F)F)C(F)(F)F. The second-order valence-corrected chi connectivity index (χ2v) is 3.67. The Balaban J connectivity index is 4.87. The Labute approximate surface area is 117 Å². The molecular weight excluding hydrogens is 302 g/mol. The molecule has 120 valence electrons. The van der Waals surface area contributed by atoms with Crippen molar-refractivity contribution in [3.63, 3.8) is 0 Å². The number of aliphatic imine (C=N–C) groups is 3. The minimum Gasteiger partial charge on any atom is -0.322 e. The first kappa shape index (κ1) is 19.3. The number of allylic oxidation sites excluding steroid dienone is 1. The lowest BCUT2D eigenvalue weighted by molar-refractivity contribution is -0.0601. The van der Waals surface area contributed by atoms with E-state index in [1.165, 1.54) is 6.92 Å².